The van der Waals surface area contributed by atoms with E-state index in [4.69, 9.17) is 4.74 Å². The van der Waals surface area contributed by atoms with E-state index in [0.29, 0.717) is 12.0 Å². The highest BCUT2D eigenvalue weighted by atomic mass is 16.5. The number of aryl methyl sites for hydroxylation is 2. The molecule has 1 saturated heterocycles. The summed E-state index contributed by atoms with van der Waals surface area (Å²) in [7, 11) is 0. The van der Waals surface area contributed by atoms with Crippen molar-refractivity contribution in [3.8, 4) is 5.75 Å². The van der Waals surface area contributed by atoms with Crippen molar-refractivity contribution in [1.29, 1.82) is 0 Å². The molecule has 2 aliphatic heterocycles. The van der Waals surface area contributed by atoms with E-state index in [9.17, 15) is 0 Å². The minimum Gasteiger partial charge on any atom is -0.493 e. The van der Waals surface area contributed by atoms with E-state index in [1.54, 1.807) is 0 Å². The third-order valence-corrected chi connectivity index (χ3v) is 5.78. The monoisotopic (exact) mass is 336 g/mol. The van der Waals surface area contributed by atoms with Gasteiger partial charge in [0, 0.05) is 30.4 Å². The molecule has 1 fully saturated rings. The molecule has 0 N–H and O–H groups in total. The topological polar surface area (TPSA) is 25.4 Å². The number of ether oxygens (including phenoxy) is 1. The van der Waals surface area contributed by atoms with Gasteiger partial charge in [-0.2, -0.15) is 0 Å². The number of benzene rings is 1. The second kappa shape index (κ2) is 6.80. The van der Waals surface area contributed by atoms with Crippen LogP contribution in [0.1, 0.15) is 59.8 Å². The van der Waals surface area contributed by atoms with Gasteiger partial charge in [-0.3, -0.25) is 9.88 Å². The number of nitrogens with zero attached hydrogens (tertiary/aromatic N) is 2. The van der Waals surface area contributed by atoms with Gasteiger partial charge in [0.2, 0.25) is 0 Å². The lowest BCUT2D eigenvalue weighted by Crippen LogP contribution is -2.36. The van der Waals surface area contributed by atoms with Crippen LogP contribution in [0.4, 0.5) is 0 Å². The van der Waals surface area contributed by atoms with Crippen molar-refractivity contribution < 1.29 is 4.74 Å². The van der Waals surface area contributed by atoms with Crippen LogP contribution in [0.15, 0.2) is 30.3 Å². The van der Waals surface area contributed by atoms with Crippen molar-refractivity contribution in [2.24, 2.45) is 0 Å². The predicted octanol–water partition coefficient (Wildman–Crippen LogP) is 4.57. The number of pyridine rings is 1. The fourth-order valence-corrected chi connectivity index (χ4v) is 4.39. The largest absolute Gasteiger partial charge is 0.493 e. The van der Waals surface area contributed by atoms with Crippen molar-refractivity contribution in [3.63, 3.8) is 0 Å². The lowest BCUT2D eigenvalue weighted by atomic mass is 9.89. The van der Waals surface area contributed by atoms with Gasteiger partial charge in [0.25, 0.3) is 0 Å². The van der Waals surface area contributed by atoms with Crippen molar-refractivity contribution in [3.05, 3.63) is 58.4 Å². The van der Waals surface area contributed by atoms with Crippen molar-refractivity contribution >= 4 is 0 Å². The van der Waals surface area contributed by atoms with Gasteiger partial charge < -0.3 is 4.74 Å². The summed E-state index contributed by atoms with van der Waals surface area (Å²) < 4.78 is 5.77. The van der Waals surface area contributed by atoms with Crippen LogP contribution < -0.4 is 4.74 Å². The number of rotatable bonds is 3. The number of hydrogen-bond acceptors (Lipinski definition) is 3. The molecule has 0 bridgehead atoms. The standard InChI is InChI=1S/C22H28N2O/c1-15-11-21(12-16(2)23-15)20-5-4-9-24(14-20)17(3)19-7-6-18-8-10-25-22(18)13-19/h6-7,11-13,17,20H,4-5,8-10,14H2,1-3H3/t17?,20-/m1/s1. The van der Waals surface area contributed by atoms with Crippen molar-refractivity contribution in [1.82, 2.24) is 9.88 Å². The van der Waals surface area contributed by atoms with E-state index in [0.717, 1.165) is 36.7 Å². The van der Waals surface area contributed by atoms with Crippen molar-refractivity contribution in [2.45, 2.75) is 52.0 Å². The average Bonchev–Trinajstić information content (AvgIpc) is 3.08. The van der Waals surface area contributed by atoms with E-state index < -0.39 is 0 Å². The van der Waals surface area contributed by atoms with Crippen LogP contribution >= 0.6 is 0 Å². The Hall–Kier alpha value is -1.87. The van der Waals surface area contributed by atoms with E-state index in [1.165, 1.54) is 36.1 Å². The number of aromatic nitrogens is 1. The molecule has 2 atom stereocenters. The molecule has 0 amide bonds. The average molecular weight is 336 g/mol. The van der Waals surface area contributed by atoms with Crippen LogP contribution in [-0.4, -0.2) is 29.6 Å². The van der Waals surface area contributed by atoms with Crippen LogP contribution in [0.2, 0.25) is 0 Å². The Morgan fingerprint density at radius 2 is 1.96 bits per heavy atom. The third kappa shape index (κ3) is 3.43. The Labute approximate surface area is 151 Å². The molecule has 0 radical (unpaired) electrons. The lowest BCUT2D eigenvalue weighted by molar-refractivity contribution is 0.158. The smallest absolute Gasteiger partial charge is 0.122 e. The lowest BCUT2D eigenvalue weighted by Gasteiger charge is -2.37. The van der Waals surface area contributed by atoms with Crippen LogP contribution in [0.3, 0.4) is 0 Å². The maximum Gasteiger partial charge on any atom is 0.122 e. The highest BCUT2D eigenvalue weighted by Gasteiger charge is 2.26. The minimum atomic E-state index is 0.432. The summed E-state index contributed by atoms with van der Waals surface area (Å²) >= 11 is 0. The summed E-state index contributed by atoms with van der Waals surface area (Å²) in [5, 5.41) is 0. The first-order chi connectivity index (χ1) is 12.1. The molecule has 0 saturated carbocycles. The number of fused-ring (bicyclic) bond motifs is 1. The molecular weight excluding hydrogens is 308 g/mol. The first kappa shape index (κ1) is 16.6. The Kier molecular flexibility index (Phi) is 4.51. The zero-order valence-corrected chi connectivity index (χ0v) is 15.6. The quantitative estimate of drug-likeness (QED) is 0.821. The second-order valence-electron chi connectivity index (χ2n) is 7.66. The molecule has 3 heterocycles. The van der Waals surface area contributed by atoms with Crippen molar-refractivity contribution in [2.75, 3.05) is 19.7 Å². The summed E-state index contributed by atoms with van der Waals surface area (Å²) in [5.41, 5.74) is 6.46. The van der Waals surface area contributed by atoms with Gasteiger partial charge in [0.05, 0.1) is 6.61 Å². The molecule has 1 aromatic carbocycles. The molecule has 132 valence electrons. The third-order valence-electron chi connectivity index (χ3n) is 5.78. The van der Waals surface area contributed by atoms with E-state index in [1.807, 2.05) is 0 Å². The summed E-state index contributed by atoms with van der Waals surface area (Å²) in [4.78, 5) is 7.17. The Morgan fingerprint density at radius 1 is 1.16 bits per heavy atom. The molecule has 1 aromatic heterocycles. The van der Waals surface area contributed by atoms with E-state index in [2.05, 4.69) is 61.0 Å². The highest BCUT2D eigenvalue weighted by molar-refractivity contribution is 5.41. The first-order valence-corrected chi connectivity index (χ1v) is 9.55. The molecule has 0 spiro atoms. The maximum absolute atomic E-state index is 5.77. The molecule has 25 heavy (non-hydrogen) atoms. The first-order valence-electron chi connectivity index (χ1n) is 9.55. The Bertz CT molecular complexity index is 750. The molecule has 2 aromatic rings. The normalized spacial score (nSPS) is 21.6. The van der Waals surface area contributed by atoms with Crippen LogP contribution in [0.25, 0.3) is 0 Å². The Morgan fingerprint density at radius 3 is 2.76 bits per heavy atom. The molecule has 4 rings (SSSR count). The fraction of sp³-hybridized carbons (Fsp3) is 0.500. The molecule has 0 aliphatic carbocycles. The zero-order chi connectivity index (χ0) is 17.4. The van der Waals surface area contributed by atoms with Gasteiger partial charge in [0.1, 0.15) is 5.75 Å². The van der Waals surface area contributed by atoms with Gasteiger partial charge in [0.15, 0.2) is 0 Å². The van der Waals surface area contributed by atoms with E-state index in [-0.39, 0.29) is 0 Å². The molecule has 3 heteroatoms. The van der Waals surface area contributed by atoms with Crippen LogP contribution in [-0.2, 0) is 6.42 Å². The molecule has 1 unspecified atom stereocenters. The number of hydrogen-bond donors (Lipinski definition) is 0. The maximum atomic E-state index is 5.77. The van der Waals surface area contributed by atoms with Crippen LogP contribution in [0.5, 0.6) is 5.75 Å². The number of piperidine rings is 1. The molecule has 3 nitrogen and oxygen atoms in total. The van der Waals surface area contributed by atoms with Gasteiger partial charge in [-0.1, -0.05) is 12.1 Å². The second-order valence-corrected chi connectivity index (χ2v) is 7.66. The summed E-state index contributed by atoms with van der Waals surface area (Å²) in [5.74, 6) is 1.71. The number of likely N-dealkylation sites (tertiary alicyclic amines) is 1. The minimum absolute atomic E-state index is 0.432. The summed E-state index contributed by atoms with van der Waals surface area (Å²) in [6.07, 6.45) is 3.59. The van der Waals surface area contributed by atoms with Crippen LogP contribution in [0, 0.1) is 13.8 Å². The summed E-state index contributed by atoms with van der Waals surface area (Å²) in [6.45, 7) is 9.68. The van der Waals surface area contributed by atoms with Gasteiger partial charge >= 0.3 is 0 Å². The van der Waals surface area contributed by atoms with Gasteiger partial charge in [-0.25, -0.2) is 0 Å². The predicted molar refractivity (Wildman–Crippen MR) is 101 cm³/mol. The Balaban J connectivity index is 1.52. The fourth-order valence-electron chi connectivity index (χ4n) is 4.39. The molecular formula is C22H28N2O. The molecule has 2 aliphatic rings. The highest BCUT2D eigenvalue weighted by Crippen LogP contribution is 2.35. The zero-order valence-electron chi connectivity index (χ0n) is 15.6. The van der Waals surface area contributed by atoms with E-state index >= 15 is 0 Å². The summed E-state index contributed by atoms with van der Waals surface area (Å²) in [6, 6.07) is 11.8. The van der Waals surface area contributed by atoms with Gasteiger partial charge in [-0.15, -0.1) is 0 Å². The van der Waals surface area contributed by atoms with Gasteiger partial charge in [-0.05, 0) is 81.0 Å². The SMILES string of the molecule is Cc1cc([C@@H]2CCCN(C(C)c3ccc4c(c3)OCC4)C2)cc(C)n1.